The number of fused-ring (bicyclic) bond motifs is 1. The van der Waals surface area contributed by atoms with Gasteiger partial charge in [-0.3, -0.25) is 0 Å². The molecule has 3 rings (SSSR count). The lowest BCUT2D eigenvalue weighted by Gasteiger charge is -2.18. The molecule has 1 aliphatic rings. The summed E-state index contributed by atoms with van der Waals surface area (Å²) in [6, 6.07) is 5.15. The molecule has 0 aliphatic heterocycles. The molecule has 0 amide bonds. The highest BCUT2D eigenvalue weighted by Gasteiger charge is 2.31. The first-order chi connectivity index (χ1) is 10.0. The van der Waals surface area contributed by atoms with E-state index >= 15 is 0 Å². The SMILES string of the molecule is Cc1cc2c(cc1F)c(C#N)c(B(O)O)n2C1CCCC1. The molecule has 1 aliphatic carbocycles. The van der Waals surface area contributed by atoms with E-state index in [2.05, 4.69) is 0 Å². The predicted molar refractivity (Wildman–Crippen MR) is 78.7 cm³/mol. The van der Waals surface area contributed by atoms with Crippen molar-refractivity contribution in [3.63, 3.8) is 0 Å². The second kappa shape index (κ2) is 5.17. The molecule has 108 valence electrons. The van der Waals surface area contributed by atoms with E-state index in [0.717, 1.165) is 25.7 Å². The molecule has 0 atom stereocenters. The molecule has 4 nitrogen and oxygen atoms in total. The van der Waals surface area contributed by atoms with Crippen LogP contribution in [0.25, 0.3) is 10.9 Å². The van der Waals surface area contributed by atoms with E-state index in [4.69, 9.17) is 0 Å². The molecule has 2 N–H and O–H groups in total. The fraction of sp³-hybridized carbons (Fsp3) is 0.400. The third-order valence-electron chi connectivity index (χ3n) is 4.37. The van der Waals surface area contributed by atoms with Crippen LogP contribution >= 0.6 is 0 Å². The molecule has 21 heavy (non-hydrogen) atoms. The number of aromatic nitrogens is 1. The molecular weight excluding hydrogens is 270 g/mol. The van der Waals surface area contributed by atoms with Crippen LogP contribution in [0.2, 0.25) is 0 Å². The Morgan fingerprint density at radius 3 is 2.57 bits per heavy atom. The summed E-state index contributed by atoms with van der Waals surface area (Å²) in [6.45, 7) is 1.67. The molecule has 6 heteroatoms. The van der Waals surface area contributed by atoms with E-state index in [-0.39, 0.29) is 23.0 Å². The van der Waals surface area contributed by atoms with Crippen LogP contribution < -0.4 is 5.59 Å². The second-order valence-electron chi connectivity index (χ2n) is 5.67. The summed E-state index contributed by atoms with van der Waals surface area (Å²) < 4.78 is 15.7. The number of hydrogen-bond donors (Lipinski definition) is 2. The molecular formula is C15H16BFN2O2. The molecule has 0 unspecified atom stereocenters. The molecule has 2 aromatic rings. The van der Waals surface area contributed by atoms with Gasteiger partial charge in [0, 0.05) is 16.9 Å². The average molecular weight is 286 g/mol. The van der Waals surface area contributed by atoms with E-state index in [1.807, 2.05) is 10.6 Å². The maximum atomic E-state index is 13.8. The van der Waals surface area contributed by atoms with Crippen molar-refractivity contribution in [3.8, 4) is 6.07 Å². The van der Waals surface area contributed by atoms with E-state index in [1.54, 1.807) is 13.0 Å². The highest BCUT2D eigenvalue weighted by molar-refractivity contribution is 6.59. The Labute approximate surface area is 122 Å². The Kier molecular flexibility index (Phi) is 3.48. The fourth-order valence-electron chi connectivity index (χ4n) is 3.38. The number of hydrogen-bond acceptors (Lipinski definition) is 3. The van der Waals surface area contributed by atoms with E-state index in [1.165, 1.54) is 6.07 Å². The Morgan fingerprint density at radius 1 is 1.33 bits per heavy atom. The summed E-state index contributed by atoms with van der Waals surface area (Å²) in [6.07, 6.45) is 4.02. The van der Waals surface area contributed by atoms with Gasteiger partial charge in [0.25, 0.3) is 0 Å². The first-order valence-corrected chi connectivity index (χ1v) is 7.14. The van der Waals surface area contributed by atoms with Crippen LogP contribution in [0.4, 0.5) is 4.39 Å². The van der Waals surface area contributed by atoms with Crippen molar-refractivity contribution < 1.29 is 14.4 Å². The third kappa shape index (κ3) is 2.13. The monoisotopic (exact) mass is 286 g/mol. The van der Waals surface area contributed by atoms with Gasteiger partial charge in [0.1, 0.15) is 11.9 Å². The fourth-order valence-corrected chi connectivity index (χ4v) is 3.38. The van der Waals surface area contributed by atoms with Crippen LogP contribution in [-0.4, -0.2) is 21.7 Å². The normalized spacial score (nSPS) is 15.6. The van der Waals surface area contributed by atoms with Crippen LogP contribution in [0.3, 0.4) is 0 Å². The number of benzene rings is 1. The molecule has 1 aromatic carbocycles. The quantitative estimate of drug-likeness (QED) is 0.826. The van der Waals surface area contributed by atoms with Crippen molar-refractivity contribution in [2.24, 2.45) is 0 Å². The van der Waals surface area contributed by atoms with Crippen molar-refractivity contribution in [3.05, 3.63) is 29.1 Å². The standard InChI is InChI=1S/C15H16BFN2O2/c1-9-6-14-11(7-13(9)17)12(8-18)15(16(20)21)19(14)10-4-2-3-5-10/h6-7,10,20-21H,2-5H2,1H3. The van der Waals surface area contributed by atoms with E-state index in [0.29, 0.717) is 16.5 Å². The molecule has 1 saturated carbocycles. The van der Waals surface area contributed by atoms with Gasteiger partial charge in [-0.25, -0.2) is 4.39 Å². The van der Waals surface area contributed by atoms with Crippen molar-refractivity contribution in [1.82, 2.24) is 4.57 Å². The van der Waals surface area contributed by atoms with Crippen LogP contribution in [0.1, 0.15) is 42.9 Å². The summed E-state index contributed by atoms with van der Waals surface area (Å²) in [5, 5.41) is 29.2. The molecule has 1 fully saturated rings. The molecule has 1 heterocycles. The first kappa shape index (κ1) is 14.1. The third-order valence-corrected chi connectivity index (χ3v) is 4.37. The number of rotatable bonds is 2. The van der Waals surface area contributed by atoms with Crippen molar-refractivity contribution in [1.29, 1.82) is 5.26 Å². The van der Waals surface area contributed by atoms with Crippen LogP contribution in [0.15, 0.2) is 12.1 Å². The van der Waals surface area contributed by atoms with Crippen LogP contribution in [-0.2, 0) is 0 Å². The summed E-state index contributed by atoms with van der Waals surface area (Å²) in [5.41, 5.74) is 1.54. The Hall–Kier alpha value is -1.84. The largest absolute Gasteiger partial charge is 0.507 e. The highest BCUT2D eigenvalue weighted by Crippen LogP contribution is 2.34. The lowest BCUT2D eigenvalue weighted by molar-refractivity contribution is 0.417. The molecule has 0 bridgehead atoms. The van der Waals surface area contributed by atoms with Gasteiger partial charge in [-0.2, -0.15) is 5.26 Å². The molecule has 0 spiro atoms. The summed E-state index contributed by atoms with van der Waals surface area (Å²) in [5.74, 6) is -0.387. The minimum absolute atomic E-state index is 0.135. The number of halogens is 1. The lowest BCUT2D eigenvalue weighted by Crippen LogP contribution is -2.39. The lowest BCUT2D eigenvalue weighted by atomic mass is 9.82. The highest BCUT2D eigenvalue weighted by atomic mass is 19.1. The Bertz CT molecular complexity index is 742. The van der Waals surface area contributed by atoms with Gasteiger partial charge in [0.15, 0.2) is 0 Å². The summed E-state index contributed by atoms with van der Waals surface area (Å²) in [4.78, 5) is 0. The minimum atomic E-state index is -1.74. The van der Waals surface area contributed by atoms with E-state index in [9.17, 15) is 19.7 Å². The van der Waals surface area contributed by atoms with Gasteiger partial charge in [-0.15, -0.1) is 0 Å². The van der Waals surface area contributed by atoms with E-state index < -0.39 is 7.12 Å². The Balaban J connectivity index is 2.39. The maximum absolute atomic E-state index is 13.8. The van der Waals surface area contributed by atoms with Crippen LogP contribution in [0.5, 0.6) is 0 Å². The zero-order valence-corrected chi connectivity index (χ0v) is 11.8. The number of nitrogens with zero attached hydrogens (tertiary/aromatic N) is 2. The van der Waals surface area contributed by atoms with Crippen molar-refractivity contribution in [2.75, 3.05) is 0 Å². The minimum Gasteiger partial charge on any atom is -0.422 e. The number of nitriles is 1. The van der Waals surface area contributed by atoms with Gasteiger partial charge in [0.05, 0.1) is 11.2 Å². The van der Waals surface area contributed by atoms with Crippen LogP contribution in [0, 0.1) is 24.1 Å². The van der Waals surface area contributed by atoms with Gasteiger partial charge in [-0.1, -0.05) is 12.8 Å². The van der Waals surface area contributed by atoms with Gasteiger partial charge in [-0.05, 0) is 37.5 Å². The summed E-state index contributed by atoms with van der Waals surface area (Å²) >= 11 is 0. The topological polar surface area (TPSA) is 69.2 Å². The smallest absolute Gasteiger partial charge is 0.422 e. The first-order valence-electron chi connectivity index (χ1n) is 7.14. The average Bonchev–Trinajstić information content (AvgIpc) is 3.04. The van der Waals surface area contributed by atoms with Crippen molar-refractivity contribution in [2.45, 2.75) is 38.6 Å². The molecule has 0 saturated heterocycles. The molecule has 1 aromatic heterocycles. The Morgan fingerprint density at radius 2 is 2.00 bits per heavy atom. The van der Waals surface area contributed by atoms with Gasteiger partial charge in [0.2, 0.25) is 0 Å². The van der Waals surface area contributed by atoms with Crippen molar-refractivity contribution >= 4 is 23.6 Å². The zero-order chi connectivity index (χ0) is 15.1. The van der Waals surface area contributed by atoms with Gasteiger partial charge >= 0.3 is 7.12 Å². The maximum Gasteiger partial charge on any atom is 0.507 e. The predicted octanol–water partition coefficient (Wildman–Crippen LogP) is 1.76. The second-order valence-corrected chi connectivity index (χ2v) is 5.67. The number of aryl methyl sites for hydroxylation is 1. The summed E-state index contributed by atoms with van der Waals surface area (Å²) in [7, 11) is -1.74. The molecule has 0 radical (unpaired) electrons. The zero-order valence-electron chi connectivity index (χ0n) is 11.8. The van der Waals surface area contributed by atoms with Gasteiger partial charge < -0.3 is 14.6 Å².